The molecular weight excluding hydrogens is 352 g/mol. The average molecular weight is 378 g/mol. The van der Waals surface area contributed by atoms with Crippen LogP contribution in [-0.2, 0) is 6.54 Å². The van der Waals surface area contributed by atoms with Crippen LogP contribution in [0, 0.1) is 20.8 Å². The van der Waals surface area contributed by atoms with Gasteiger partial charge in [-0.25, -0.2) is 4.79 Å². The lowest BCUT2D eigenvalue weighted by Gasteiger charge is -2.36. The van der Waals surface area contributed by atoms with Crippen molar-refractivity contribution in [3.05, 3.63) is 58.8 Å². The summed E-state index contributed by atoms with van der Waals surface area (Å²) in [5, 5.41) is 8.05. The zero-order valence-corrected chi connectivity index (χ0v) is 16.7. The lowest BCUT2D eigenvalue weighted by molar-refractivity contribution is 0.193. The number of carbonyl (C=O) groups is 1. The Balaban J connectivity index is 1.34. The highest BCUT2D eigenvalue weighted by Crippen LogP contribution is 2.23. The Morgan fingerprint density at radius 3 is 2.50 bits per heavy atom. The van der Waals surface area contributed by atoms with E-state index in [2.05, 4.69) is 47.4 Å². The first kappa shape index (κ1) is 18.3. The first-order valence-corrected chi connectivity index (χ1v) is 9.71. The topological polar surface area (TPSA) is 61.6 Å². The minimum Gasteiger partial charge on any atom is -0.368 e. The van der Waals surface area contributed by atoms with Crippen LogP contribution in [0.4, 0.5) is 10.5 Å². The molecule has 1 aromatic heterocycles. The molecule has 0 aliphatic carbocycles. The van der Waals surface area contributed by atoms with Crippen LogP contribution in [0.2, 0.25) is 0 Å². The van der Waals surface area contributed by atoms with Crippen LogP contribution in [-0.4, -0.2) is 42.3 Å². The van der Waals surface area contributed by atoms with Gasteiger partial charge in [0, 0.05) is 37.3 Å². The van der Waals surface area contributed by atoms with Crippen LogP contribution >= 0.6 is 0 Å². The second-order valence-corrected chi connectivity index (χ2v) is 7.55. The van der Waals surface area contributed by atoms with E-state index in [1.54, 1.807) is 0 Å². The predicted molar refractivity (Wildman–Crippen MR) is 111 cm³/mol. The largest absolute Gasteiger partial charge is 0.368 e. The number of aryl methyl sites for hydroxylation is 3. The Hall–Kier alpha value is -3.02. The van der Waals surface area contributed by atoms with Crippen molar-refractivity contribution in [1.29, 1.82) is 0 Å². The average Bonchev–Trinajstić information content (AvgIpc) is 3.08. The molecule has 2 aromatic carbocycles. The van der Waals surface area contributed by atoms with Crippen molar-refractivity contribution in [3.8, 4) is 0 Å². The molecule has 1 saturated heterocycles. The molecule has 0 spiro atoms. The van der Waals surface area contributed by atoms with Gasteiger partial charge in [-0.05, 0) is 44.5 Å². The molecule has 0 bridgehead atoms. The number of hydrogen-bond donors (Lipinski definition) is 1. The van der Waals surface area contributed by atoms with E-state index in [-0.39, 0.29) is 6.03 Å². The molecule has 0 radical (unpaired) electrons. The summed E-state index contributed by atoms with van der Waals surface area (Å²) in [6.07, 6.45) is 0. The standard InChI is InChI=1S/C22H26N4O2/c1-15-4-6-20(17(3)12-15)25-8-10-26(11-9-25)22(27)23-14-19-18-13-16(2)5-7-21(18)28-24-19/h4-7,12-13H,8-11,14H2,1-3H3,(H,23,27). The summed E-state index contributed by atoms with van der Waals surface area (Å²) >= 11 is 0. The summed E-state index contributed by atoms with van der Waals surface area (Å²) in [5.74, 6) is 0. The summed E-state index contributed by atoms with van der Waals surface area (Å²) in [5.41, 5.74) is 6.47. The Morgan fingerprint density at radius 2 is 1.75 bits per heavy atom. The van der Waals surface area contributed by atoms with Crippen LogP contribution in [0.15, 0.2) is 40.9 Å². The normalized spacial score (nSPS) is 14.5. The molecule has 1 aliphatic rings. The Kier molecular flexibility index (Phi) is 4.94. The number of nitrogens with zero attached hydrogens (tertiary/aromatic N) is 3. The third-order valence-corrected chi connectivity index (χ3v) is 5.37. The zero-order valence-electron chi connectivity index (χ0n) is 16.7. The van der Waals surface area contributed by atoms with Gasteiger partial charge in [0.05, 0.1) is 6.54 Å². The predicted octanol–water partition coefficient (Wildman–Crippen LogP) is 3.78. The highest BCUT2D eigenvalue weighted by Gasteiger charge is 2.22. The molecule has 4 rings (SSSR count). The first-order chi connectivity index (χ1) is 13.5. The SMILES string of the molecule is Cc1ccc(N2CCN(C(=O)NCc3noc4ccc(C)cc34)CC2)c(C)c1. The highest BCUT2D eigenvalue weighted by atomic mass is 16.5. The second kappa shape index (κ2) is 7.54. The number of piperazine rings is 1. The Labute approximate surface area is 165 Å². The van der Waals surface area contributed by atoms with E-state index in [0.717, 1.165) is 35.3 Å². The molecule has 0 atom stereocenters. The van der Waals surface area contributed by atoms with Gasteiger partial charge in [-0.15, -0.1) is 0 Å². The summed E-state index contributed by atoms with van der Waals surface area (Å²) in [6.45, 7) is 9.74. The fourth-order valence-corrected chi connectivity index (χ4v) is 3.81. The molecule has 146 valence electrons. The smallest absolute Gasteiger partial charge is 0.317 e. The van der Waals surface area contributed by atoms with Crippen LogP contribution in [0.1, 0.15) is 22.4 Å². The van der Waals surface area contributed by atoms with Gasteiger partial charge in [-0.3, -0.25) is 0 Å². The maximum Gasteiger partial charge on any atom is 0.317 e. The van der Waals surface area contributed by atoms with Gasteiger partial charge >= 0.3 is 6.03 Å². The number of nitrogens with one attached hydrogen (secondary N) is 1. The van der Waals surface area contributed by atoms with E-state index in [0.29, 0.717) is 19.6 Å². The Morgan fingerprint density at radius 1 is 1.04 bits per heavy atom. The van der Waals surface area contributed by atoms with Crippen molar-refractivity contribution in [2.45, 2.75) is 27.3 Å². The fourth-order valence-electron chi connectivity index (χ4n) is 3.81. The molecule has 1 aliphatic heterocycles. The fraction of sp³-hybridized carbons (Fsp3) is 0.364. The molecule has 6 nitrogen and oxygen atoms in total. The van der Waals surface area contributed by atoms with Gasteiger partial charge in [0.25, 0.3) is 0 Å². The van der Waals surface area contributed by atoms with Gasteiger partial charge in [0.15, 0.2) is 5.58 Å². The van der Waals surface area contributed by atoms with Crippen molar-refractivity contribution < 1.29 is 9.32 Å². The number of rotatable bonds is 3. The van der Waals surface area contributed by atoms with Gasteiger partial charge in [-0.2, -0.15) is 0 Å². The molecule has 0 unspecified atom stereocenters. The monoisotopic (exact) mass is 378 g/mol. The number of anilines is 1. The molecule has 0 saturated carbocycles. The van der Waals surface area contributed by atoms with E-state index < -0.39 is 0 Å². The van der Waals surface area contributed by atoms with Gasteiger partial charge < -0.3 is 19.6 Å². The minimum atomic E-state index is -0.0518. The molecule has 6 heteroatoms. The van der Waals surface area contributed by atoms with Gasteiger partial charge in [-0.1, -0.05) is 34.5 Å². The number of urea groups is 1. The van der Waals surface area contributed by atoms with Gasteiger partial charge in [0.1, 0.15) is 5.69 Å². The van der Waals surface area contributed by atoms with Crippen molar-refractivity contribution in [1.82, 2.24) is 15.4 Å². The lowest BCUT2D eigenvalue weighted by atomic mass is 10.1. The number of amides is 2. The van der Waals surface area contributed by atoms with E-state index >= 15 is 0 Å². The summed E-state index contributed by atoms with van der Waals surface area (Å²) in [4.78, 5) is 16.8. The van der Waals surface area contributed by atoms with Crippen LogP contribution in [0.25, 0.3) is 11.0 Å². The number of aromatic nitrogens is 1. The van der Waals surface area contributed by atoms with Crippen LogP contribution in [0.5, 0.6) is 0 Å². The molecule has 2 heterocycles. The quantitative estimate of drug-likeness (QED) is 0.753. The van der Waals surface area contributed by atoms with Crippen molar-refractivity contribution in [2.24, 2.45) is 0 Å². The molecule has 1 fully saturated rings. The maximum absolute atomic E-state index is 12.6. The summed E-state index contributed by atoms with van der Waals surface area (Å²) in [6, 6.07) is 12.4. The number of fused-ring (bicyclic) bond motifs is 1. The first-order valence-electron chi connectivity index (χ1n) is 9.71. The number of carbonyl (C=O) groups excluding carboxylic acids is 1. The lowest BCUT2D eigenvalue weighted by Crippen LogP contribution is -2.51. The number of benzene rings is 2. The van der Waals surface area contributed by atoms with E-state index in [4.69, 9.17) is 4.52 Å². The Bertz CT molecular complexity index is 1000. The van der Waals surface area contributed by atoms with E-state index in [1.807, 2.05) is 30.0 Å². The summed E-state index contributed by atoms with van der Waals surface area (Å²) < 4.78 is 5.34. The van der Waals surface area contributed by atoms with E-state index in [1.165, 1.54) is 16.8 Å². The van der Waals surface area contributed by atoms with Crippen LogP contribution in [0.3, 0.4) is 0 Å². The zero-order chi connectivity index (χ0) is 19.7. The van der Waals surface area contributed by atoms with Crippen molar-refractivity contribution in [3.63, 3.8) is 0 Å². The molecule has 28 heavy (non-hydrogen) atoms. The summed E-state index contributed by atoms with van der Waals surface area (Å²) in [7, 11) is 0. The third-order valence-electron chi connectivity index (χ3n) is 5.37. The van der Waals surface area contributed by atoms with Gasteiger partial charge in [0.2, 0.25) is 0 Å². The molecule has 1 N–H and O–H groups in total. The second-order valence-electron chi connectivity index (χ2n) is 7.55. The van der Waals surface area contributed by atoms with Crippen LogP contribution < -0.4 is 10.2 Å². The van der Waals surface area contributed by atoms with Crippen molar-refractivity contribution in [2.75, 3.05) is 31.1 Å². The molecule has 2 amide bonds. The van der Waals surface area contributed by atoms with E-state index in [9.17, 15) is 4.79 Å². The molecular formula is C22H26N4O2. The minimum absolute atomic E-state index is 0.0518. The van der Waals surface area contributed by atoms with Crippen molar-refractivity contribution >= 4 is 22.7 Å². The third kappa shape index (κ3) is 3.67. The maximum atomic E-state index is 12.6. The molecule has 3 aromatic rings. The highest BCUT2D eigenvalue weighted by molar-refractivity contribution is 5.81. The number of hydrogen-bond acceptors (Lipinski definition) is 4.